The number of carboxylic acids is 1. The summed E-state index contributed by atoms with van der Waals surface area (Å²) in [7, 11) is 0. The van der Waals surface area contributed by atoms with E-state index < -0.39 is 11.9 Å². The number of carbonyl (C=O) groups is 2. The Balaban J connectivity index is 3.07. The molecule has 4 nitrogen and oxygen atoms in total. The lowest BCUT2D eigenvalue weighted by atomic mass is 10.1. The van der Waals surface area contributed by atoms with Crippen LogP contribution in [-0.4, -0.2) is 22.6 Å². The van der Waals surface area contributed by atoms with E-state index in [1.54, 1.807) is 12.1 Å². The molecule has 1 rings (SSSR count). The van der Waals surface area contributed by atoms with Gasteiger partial charge < -0.3 is 9.84 Å². The minimum absolute atomic E-state index is 0.0415. The molecule has 0 atom stereocenters. The Hall–Kier alpha value is -1.36. The molecule has 0 bridgehead atoms. The predicted molar refractivity (Wildman–Crippen MR) is 52.6 cm³/mol. The highest BCUT2D eigenvalue weighted by Crippen LogP contribution is 2.10. The van der Waals surface area contributed by atoms with E-state index in [-0.39, 0.29) is 16.6 Å². The number of esters is 1. The Morgan fingerprint density at radius 3 is 2.36 bits per heavy atom. The Bertz CT molecular complexity index is 362. The van der Waals surface area contributed by atoms with Crippen LogP contribution < -0.4 is 0 Å². The molecule has 0 unspecified atom stereocenters. The molecule has 0 fully saturated rings. The van der Waals surface area contributed by atoms with Gasteiger partial charge in [0.05, 0.1) is 11.1 Å². The minimum atomic E-state index is -1.15. The first kappa shape index (κ1) is 10.7. The van der Waals surface area contributed by atoms with Crippen LogP contribution in [0, 0.1) is 0 Å². The molecule has 0 aromatic heterocycles. The molecule has 0 spiro atoms. The monoisotopic (exact) mass is 258 g/mol. The van der Waals surface area contributed by atoms with Gasteiger partial charge in [0.1, 0.15) is 5.52 Å². The molecule has 1 aromatic carbocycles. The summed E-state index contributed by atoms with van der Waals surface area (Å²) < 4.78 is 4.63. The second kappa shape index (κ2) is 4.76. The third-order valence-electron chi connectivity index (χ3n) is 1.56. The minimum Gasteiger partial charge on any atom is -0.478 e. The Kier molecular flexibility index (Phi) is 3.64. The maximum atomic E-state index is 11.3. The zero-order valence-electron chi connectivity index (χ0n) is 7.07. The highest BCUT2D eigenvalue weighted by molar-refractivity contribution is 9.09. The maximum absolute atomic E-state index is 11.3. The third kappa shape index (κ3) is 2.32. The lowest BCUT2D eigenvalue weighted by Gasteiger charge is -2.03. The van der Waals surface area contributed by atoms with E-state index in [4.69, 9.17) is 5.11 Å². The van der Waals surface area contributed by atoms with Crippen LogP contribution in [0.15, 0.2) is 24.3 Å². The molecule has 74 valence electrons. The number of halogens is 1. The van der Waals surface area contributed by atoms with Gasteiger partial charge in [-0.25, -0.2) is 9.59 Å². The van der Waals surface area contributed by atoms with Gasteiger partial charge in [-0.2, -0.15) is 0 Å². The van der Waals surface area contributed by atoms with E-state index in [0.717, 1.165) is 0 Å². The third-order valence-corrected chi connectivity index (χ3v) is 1.79. The summed E-state index contributed by atoms with van der Waals surface area (Å²) in [5, 5.41) is 8.76. The number of hydrogen-bond acceptors (Lipinski definition) is 3. The van der Waals surface area contributed by atoms with Gasteiger partial charge in [0.2, 0.25) is 0 Å². The van der Waals surface area contributed by atoms with E-state index in [9.17, 15) is 9.59 Å². The van der Waals surface area contributed by atoms with Crippen LogP contribution in [0.1, 0.15) is 20.7 Å². The number of alkyl halides is 1. The maximum Gasteiger partial charge on any atom is 0.339 e. The molecule has 1 aromatic rings. The van der Waals surface area contributed by atoms with Crippen molar-refractivity contribution >= 4 is 27.9 Å². The van der Waals surface area contributed by atoms with Gasteiger partial charge in [-0.1, -0.05) is 12.1 Å². The molecule has 0 heterocycles. The van der Waals surface area contributed by atoms with Crippen LogP contribution >= 0.6 is 15.9 Å². The number of ether oxygens (including phenoxy) is 1. The fraction of sp³-hybridized carbons (Fsp3) is 0.111. The number of rotatable bonds is 3. The van der Waals surface area contributed by atoms with E-state index in [0.29, 0.717) is 0 Å². The zero-order chi connectivity index (χ0) is 10.6. The lowest BCUT2D eigenvalue weighted by Crippen LogP contribution is -2.10. The van der Waals surface area contributed by atoms with Crippen molar-refractivity contribution in [2.75, 3.05) is 5.52 Å². The summed E-state index contributed by atoms with van der Waals surface area (Å²) in [6.45, 7) is 0. The van der Waals surface area contributed by atoms with E-state index in [1.807, 2.05) is 0 Å². The number of aromatic carboxylic acids is 1. The van der Waals surface area contributed by atoms with Crippen molar-refractivity contribution in [3.63, 3.8) is 0 Å². The quantitative estimate of drug-likeness (QED) is 0.665. The van der Waals surface area contributed by atoms with Gasteiger partial charge in [0, 0.05) is 0 Å². The number of carbonyl (C=O) groups excluding carboxylic acids is 1. The van der Waals surface area contributed by atoms with Crippen molar-refractivity contribution in [3.8, 4) is 0 Å². The average Bonchev–Trinajstić information content (AvgIpc) is 2.18. The first-order valence-corrected chi connectivity index (χ1v) is 4.84. The topological polar surface area (TPSA) is 63.6 Å². The normalized spacial score (nSPS) is 9.50. The molecule has 5 heteroatoms. The largest absolute Gasteiger partial charge is 0.478 e. The Morgan fingerprint density at radius 1 is 1.29 bits per heavy atom. The first-order chi connectivity index (χ1) is 6.66. The summed E-state index contributed by atoms with van der Waals surface area (Å²) in [6.07, 6.45) is 0. The van der Waals surface area contributed by atoms with Crippen molar-refractivity contribution in [2.45, 2.75) is 0 Å². The van der Waals surface area contributed by atoms with Gasteiger partial charge >= 0.3 is 11.9 Å². The molecule has 0 radical (unpaired) electrons. The summed E-state index contributed by atoms with van der Waals surface area (Å²) in [4.78, 5) is 22.0. The standard InChI is InChI=1S/C9H7BrO4/c10-5-14-9(13)7-4-2-1-3-6(7)8(11)12/h1-4H,5H2,(H,11,12). The van der Waals surface area contributed by atoms with Crippen LogP contribution in [0.5, 0.6) is 0 Å². The molecule has 0 aliphatic heterocycles. The van der Waals surface area contributed by atoms with Gasteiger partial charge in [0.25, 0.3) is 0 Å². The predicted octanol–water partition coefficient (Wildman–Crippen LogP) is 1.89. The van der Waals surface area contributed by atoms with Gasteiger partial charge in [-0.3, -0.25) is 0 Å². The van der Waals surface area contributed by atoms with E-state index in [2.05, 4.69) is 20.7 Å². The molecule has 14 heavy (non-hydrogen) atoms. The fourth-order valence-corrected chi connectivity index (χ4v) is 1.18. The molecule has 0 saturated heterocycles. The van der Waals surface area contributed by atoms with Crippen molar-refractivity contribution in [1.29, 1.82) is 0 Å². The van der Waals surface area contributed by atoms with E-state index >= 15 is 0 Å². The van der Waals surface area contributed by atoms with Gasteiger partial charge in [-0.05, 0) is 28.1 Å². The Morgan fingerprint density at radius 2 is 1.86 bits per heavy atom. The lowest BCUT2D eigenvalue weighted by molar-refractivity contribution is 0.0568. The summed E-state index contributed by atoms with van der Waals surface area (Å²) in [6, 6.07) is 5.90. The van der Waals surface area contributed by atoms with Crippen LogP contribution in [0.25, 0.3) is 0 Å². The number of hydrogen-bond donors (Lipinski definition) is 1. The second-order valence-corrected chi connectivity index (χ2v) is 2.85. The second-order valence-electron chi connectivity index (χ2n) is 2.39. The number of carboxylic acid groups (broad SMARTS) is 1. The van der Waals surface area contributed by atoms with Crippen molar-refractivity contribution in [3.05, 3.63) is 35.4 Å². The average molecular weight is 259 g/mol. The molecular weight excluding hydrogens is 252 g/mol. The molecular formula is C9H7BrO4. The smallest absolute Gasteiger partial charge is 0.339 e. The zero-order valence-corrected chi connectivity index (χ0v) is 8.65. The molecule has 0 amide bonds. The van der Waals surface area contributed by atoms with Crippen LogP contribution in [0.2, 0.25) is 0 Å². The molecule has 0 aliphatic carbocycles. The highest BCUT2D eigenvalue weighted by Gasteiger charge is 2.16. The summed E-state index contributed by atoms with van der Waals surface area (Å²) >= 11 is 2.92. The number of benzene rings is 1. The molecule has 0 saturated carbocycles. The first-order valence-electron chi connectivity index (χ1n) is 3.72. The van der Waals surface area contributed by atoms with Gasteiger partial charge in [0.15, 0.2) is 0 Å². The molecule has 0 aliphatic rings. The van der Waals surface area contributed by atoms with E-state index in [1.165, 1.54) is 12.1 Å². The van der Waals surface area contributed by atoms with Gasteiger partial charge in [-0.15, -0.1) is 0 Å². The van der Waals surface area contributed by atoms with Crippen molar-refractivity contribution in [1.82, 2.24) is 0 Å². The van der Waals surface area contributed by atoms with Crippen LogP contribution in [0.4, 0.5) is 0 Å². The van der Waals surface area contributed by atoms with Crippen LogP contribution in [0.3, 0.4) is 0 Å². The SMILES string of the molecule is O=C(O)c1ccccc1C(=O)OCBr. The van der Waals surface area contributed by atoms with Crippen molar-refractivity contribution in [2.24, 2.45) is 0 Å². The fourth-order valence-electron chi connectivity index (χ4n) is 0.975. The van der Waals surface area contributed by atoms with Crippen molar-refractivity contribution < 1.29 is 19.4 Å². The molecule has 1 N–H and O–H groups in total. The summed E-state index contributed by atoms with van der Waals surface area (Å²) in [5.74, 6) is -1.80. The highest BCUT2D eigenvalue weighted by atomic mass is 79.9. The Labute approximate surface area is 88.6 Å². The van der Waals surface area contributed by atoms with Crippen LogP contribution in [-0.2, 0) is 4.74 Å². The summed E-state index contributed by atoms with van der Waals surface area (Å²) in [5.41, 5.74) is 0.0395.